The van der Waals surface area contributed by atoms with Gasteiger partial charge < -0.3 is 4.74 Å². The van der Waals surface area contributed by atoms with Crippen molar-refractivity contribution < 1.29 is 21.7 Å². The normalized spacial score (nSPS) is 16.7. The lowest BCUT2D eigenvalue weighted by molar-refractivity contribution is 0.147. The van der Waals surface area contributed by atoms with Gasteiger partial charge in [0.2, 0.25) is 0 Å². The second-order valence-electron chi connectivity index (χ2n) is 5.40. The lowest BCUT2D eigenvalue weighted by Gasteiger charge is -2.10. The number of hydrogen-bond donors (Lipinski definition) is 0. The number of halogens is 1. The Labute approximate surface area is 137 Å². The van der Waals surface area contributed by atoms with Crippen LogP contribution >= 0.6 is 0 Å². The maximum atomic E-state index is 12.9. The van der Waals surface area contributed by atoms with Crippen molar-refractivity contribution in [3.8, 4) is 6.01 Å². The minimum atomic E-state index is -3.92. The van der Waals surface area contributed by atoms with Crippen LogP contribution in [0.2, 0.25) is 0 Å². The molecule has 0 amide bonds. The van der Waals surface area contributed by atoms with Crippen LogP contribution in [0.15, 0.2) is 40.0 Å². The van der Waals surface area contributed by atoms with Gasteiger partial charge >= 0.3 is 6.01 Å². The van der Waals surface area contributed by atoms with Crippen molar-refractivity contribution >= 4 is 10.1 Å². The number of aryl methyl sites for hydroxylation is 1. The Bertz CT molecular complexity index is 908. The van der Waals surface area contributed by atoms with E-state index in [9.17, 15) is 17.6 Å². The van der Waals surface area contributed by atoms with E-state index in [1.165, 1.54) is 16.7 Å². The summed E-state index contributed by atoms with van der Waals surface area (Å²) < 4.78 is 49.0. The predicted octanol–water partition coefficient (Wildman–Crippen LogP) is 1.19. The Kier molecular flexibility index (Phi) is 4.37. The Morgan fingerprint density at radius 2 is 2.08 bits per heavy atom. The van der Waals surface area contributed by atoms with Crippen LogP contribution in [0.5, 0.6) is 6.01 Å². The topological polar surface area (TPSA) is 87.5 Å². The zero-order valence-corrected chi connectivity index (χ0v) is 13.6. The summed E-state index contributed by atoms with van der Waals surface area (Å²) in [6.45, 7) is 0.895. The van der Waals surface area contributed by atoms with Gasteiger partial charge in [-0.3, -0.25) is 13.5 Å². The standard InChI is InChI=1S/C15H15FN2O5S/c1-10-2-4-13(5-3-10)24(20,21)22-9-12-8-18-11(7-16)6-14(19)17-15(18)23-12/h2-6,12H,7-9H2,1H3/t12-/m0/s1. The highest BCUT2D eigenvalue weighted by molar-refractivity contribution is 7.86. The van der Waals surface area contributed by atoms with E-state index in [-0.39, 0.29) is 29.8 Å². The molecule has 0 aliphatic carbocycles. The number of hydrogen-bond acceptors (Lipinski definition) is 6. The number of nitrogens with zero attached hydrogens (tertiary/aromatic N) is 2. The number of benzene rings is 1. The molecule has 1 aliphatic rings. The van der Waals surface area contributed by atoms with Gasteiger partial charge in [-0.15, -0.1) is 0 Å². The summed E-state index contributed by atoms with van der Waals surface area (Å²) in [6.07, 6.45) is -0.676. The number of fused-ring (bicyclic) bond motifs is 1. The monoisotopic (exact) mass is 354 g/mol. The van der Waals surface area contributed by atoms with Gasteiger partial charge in [0.15, 0.2) is 0 Å². The lowest BCUT2D eigenvalue weighted by Crippen LogP contribution is -2.24. The smallest absolute Gasteiger partial charge is 0.300 e. The summed E-state index contributed by atoms with van der Waals surface area (Å²) in [5, 5.41) is 0. The van der Waals surface area contributed by atoms with Crippen LogP contribution in [-0.4, -0.2) is 30.7 Å². The Hall–Kier alpha value is -2.26. The number of ether oxygens (including phenoxy) is 1. The first-order valence-electron chi connectivity index (χ1n) is 7.18. The Balaban J connectivity index is 1.70. The summed E-state index contributed by atoms with van der Waals surface area (Å²) in [6, 6.07) is 7.30. The summed E-state index contributed by atoms with van der Waals surface area (Å²) in [4.78, 5) is 15.0. The van der Waals surface area contributed by atoms with Crippen LogP contribution in [0.4, 0.5) is 4.39 Å². The van der Waals surface area contributed by atoms with Gasteiger partial charge in [0.25, 0.3) is 15.7 Å². The molecule has 7 nitrogen and oxygen atoms in total. The molecule has 1 aromatic heterocycles. The molecule has 0 radical (unpaired) electrons. The van der Waals surface area contributed by atoms with E-state index in [1.54, 1.807) is 12.1 Å². The third-order valence-corrected chi connectivity index (χ3v) is 4.88. The molecule has 0 fully saturated rings. The summed E-state index contributed by atoms with van der Waals surface area (Å²) in [5.41, 5.74) is 0.454. The second-order valence-corrected chi connectivity index (χ2v) is 7.02. The van der Waals surface area contributed by atoms with E-state index in [0.29, 0.717) is 0 Å². The van der Waals surface area contributed by atoms with E-state index >= 15 is 0 Å². The van der Waals surface area contributed by atoms with Crippen LogP contribution in [-0.2, 0) is 27.5 Å². The van der Waals surface area contributed by atoms with E-state index < -0.39 is 28.5 Å². The van der Waals surface area contributed by atoms with E-state index in [2.05, 4.69) is 4.98 Å². The van der Waals surface area contributed by atoms with Gasteiger partial charge in [0.05, 0.1) is 17.1 Å². The average molecular weight is 354 g/mol. The number of aromatic nitrogens is 2. The quantitative estimate of drug-likeness (QED) is 0.750. The molecule has 1 atom stereocenters. The molecular formula is C15H15FN2O5S. The number of alkyl halides is 1. The Morgan fingerprint density at radius 1 is 1.38 bits per heavy atom. The summed E-state index contributed by atoms with van der Waals surface area (Å²) >= 11 is 0. The largest absolute Gasteiger partial charge is 0.457 e. The zero-order chi connectivity index (χ0) is 17.3. The fourth-order valence-electron chi connectivity index (χ4n) is 2.34. The molecule has 2 heterocycles. The molecule has 0 N–H and O–H groups in total. The highest BCUT2D eigenvalue weighted by atomic mass is 32.2. The average Bonchev–Trinajstić information content (AvgIpc) is 2.95. The highest BCUT2D eigenvalue weighted by Gasteiger charge is 2.28. The third-order valence-electron chi connectivity index (χ3n) is 3.59. The molecule has 1 aliphatic heterocycles. The number of rotatable bonds is 5. The molecule has 0 saturated carbocycles. The molecule has 9 heteroatoms. The van der Waals surface area contributed by atoms with Crippen LogP contribution in [0, 0.1) is 6.92 Å². The first-order chi connectivity index (χ1) is 11.4. The molecule has 24 heavy (non-hydrogen) atoms. The maximum absolute atomic E-state index is 12.9. The van der Waals surface area contributed by atoms with Crippen LogP contribution < -0.4 is 10.3 Å². The fourth-order valence-corrected chi connectivity index (χ4v) is 3.28. The van der Waals surface area contributed by atoms with Crippen molar-refractivity contribution in [1.82, 2.24) is 9.55 Å². The molecule has 0 saturated heterocycles. The molecule has 1 aromatic carbocycles. The van der Waals surface area contributed by atoms with E-state index in [4.69, 9.17) is 8.92 Å². The molecular weight excluding hydrogens is 339 g/mol. The molecule has 0 bridgehead atoms. The first-order valence-corrected chi connectivity index (χ1v) is 8.59. The van der Waals surface area contributed by atoms with Gasteiger partial charge in [-0.05, 0) is 19.1 Å². The molecule has 0 spiro atoms. The van der Waals surface area contributed by atoms with Crippen molar-refractivity contribution in [2.45, 2.75) is 31.1 Å². The fraction of sp³-hybridized carbons (Fsp3) is 0.333. The van der Waals surface area contributed by atoms with Gasteiger partial charge in [-0.2, -0.15) is 13.4 Å². The van der Waals surface area contributed by atoms with Crippen LogP contribution in [0.1, 0.15) is 11.3 Å². The van der Waals surface area contributed by atoms with Gasteiger partial charge in [0.1, 0.15) is 19.4 Å². The molecule has 3 rings (SSSR count). The van der Waals surface area contributed by atoms with Crippen molar-refractivity contribution in [3.05, 3.63) is 51.9 Å². The van der Waals surface area contributed by atoms with Gasteiger partial charge in [-0.25, -0.2) is 4.39 Å². The molecule has 0 unspecified atom stereocenters. The SMILES string of the molecule is Cc1ccc(S(=O)(=O)OC[C@@H]2Cn3c(CF)cc(=O)nc3O2)cc1. The third kappa shape index (κ3) is 3.31. The lowest BCUT2D eigenvalue weighted by atomic mass is 10.2. The van der Waals surface area contributed by atoms with Crippen LogP contribution in [0.25, 0.3) is 0 Å². The van der Waals surface area contributed by atoms with Crippen molar-refractivity contribution in [3.63, 3.8) is 0 Å². The van der Waals surface area contributed by atoms with Crippen molar-refractivity contribution in [1.29, 1.82) is 0 Å². The summed E-state index contributed by atoms with van der Waals surface area (Å²) in [7, 11) is -3.92. The molecule has 128 valence electrons. The minimum Gasteiger partial charge on any atom is -0.457 e. The molecule has 2 aromatic rings. The van der Waals surface area contributed by atoms with Crippen LogP contribution in [0.3, 0.4) is 0 Å². The highest BCUT2D eigenvalue weighted by Crippen LogP contribution is 2.22. The predicted molar refractivity (Wildman–Crippen MR) is 82.0 cm³/mol. The first kappa shape index (κ1) is 16.6. The minimum absolute atomic E-state index is 0.0310. The zero-order valence-electron chi connectivity index (χ0n) is 12.8. The maximum Gasteiger partial charge on any atom is 0.300 e. The van der Waals surface area contributed by atoms with Crippen molar-refractivity contribution in [2.75, 3.05) is 6.61 Å². The van der Waals surface area contributed by atoms with E-state index in [1.807, 2.05) is 6.92 Å². The van der Waals surface area contributed by atoms with Crippen molar-refractivity contribution in [2.24, 2.45) is 0 Å². The van der Waals surface area contributed by atoms with Gasteiger partial charge in [0, 0.05) is 6.07 Å². The second kappa shape index (κ2) is 6.33. The van der Waals surface area contributed by atoms with E-state index in [0.717, 1.165) is 11.6 Å². The summed E-state index contributed by atoms with van der Waals surface area (Å²) in [5.74, 6) is 0. The van der Waals surface area contributed by atoms with Gasteiger partial charge in [-0.1, -0.05) is 17.7 Å². The Morgan fingerprint density at radius 3 is 2.75 bits per heavy atom.